The molecule has 2 aromatic carbocycles. The Labute approximate surface area is 148 Å². The summed E-state index contributed by atoms with van der Waals surface area (Å²) in [4.78, 5) is 0. The second-order valence-corrected chi connectivity index (χ2v) is 6.15. The molecule has 0 spiro atoms. The minimum absolute atomic E-state index is 0.414. The molecule has 0 atom stereocenters. The minimum atomic E-state index is 0.414. The Balaban J connectivity index is 1.98. The number of halogens is 2. The summed E-state index contributed by atoms with van der Waals surface area (Å²) in [6.45, 7) is 2.03. The average Bonchev–Trinajstić information content (AvgIpc) is 2.90. The van der Waals surface area contributed by atoms with Crippen LogP contribution in [0.5, 0.6) is 0 Å². The van der Waals surface area contributed by atoms with Gasteiger partial charge < -0.3 is 0 Å². The van der Waals surface area contributed by atoms with E-state index in [1.165, 1.54) is 5.56 Å². The number of nitrogens with zero attached hydrogens (tertiary/aromatic N) is 3. The van der Waals surface area contributed by atoms with Crippen molar-refractivity contribution in [3.8, 4) is 11.4 Å². The maximum absolute atomic E-state index is 6.01. The predicted molar refractivity (Wildman–Crippen MR) is 97.0 cm³/mol. The first-order chi connectivity index (χ1) is 11.0. The van der Waals surface area contributed by atoms with Crippen LogP contribution in [0, 0.1) is 11.7 Å². The Morgan fingerprint density at radius 1 is 1.13 bits per heavy atom. The van der Waals surface area contributed by atoms with Crippen molar-refractivity contribution < 1.29 is 0 Å². The molecule has 0 amide bonds. The van der Waals surface area contributed by atoms with Crippen molar-refractivity contribution in [2.75, 3.05) is 0 Å². The number of aromatic amines is 1. The van der Waals surface area contributed by atoms with Crippen LogP contribution in [-0.4, -0.2) is 21.1 Å². The van der Waals surface area contributed by atoms with Crippen molar-refractivity contribution >= 4 is 41.6 Å². The third kappa shape index (κ3) is 3.52. The Kier molecular flexibility index (Phi) is 4.61. The van der Waals surface area contributed by atoms with Crippen molar-refractivity contribution in [3.63, 3.8) is 0 Å². The Bertz CT molecular complexity index is 926. The molecule has 0 radical (unpaired) electrons. The normalized spacial score (nSPS) is 11.3. The van der Waals surface area contributed by atoms with E-state index >= 15 is 0 Å². The molecular formula is C16H12Cl2N4S. The van der Waals surface area contributed by atoms with E-state index in [1.54, 1.807) is 23.0 Å². The first-order valence-electron chi connectivity index (χ1n) is 6.78. The lowest BCUT2D eigenvalue weighted by Crippen LogP contribution is -1.95. The summed E-state index contributed by atoms with van der Waals surface area (Å²) < 4.78 is 1.99. The first-order valence-corrected chi connectivity index (χ1v) is 7.95. The molecule has 1 N–H and O–H groups in total. The van der Waals surface area contributed by atoms with Gasteiger partial charge in [0.1, 0.15) is 0 Å². The molecule has 0 bridgehead atoms. The van der Waals surface area contributed by atoms with Crippen molar-refractivity contribution in [2.45, 2.75) is 6.92 Å². The quantitative estimate of drug-likeness (QED) is 0.520. The van der Waals surface area contributed by atoms with Gasteiger partial charge in [0.2, 0.25) is 4.77 Å². The van der Waals surface area contributed by atoms with Gasteiger partial charge in [0.25, 0.3) is 0 Å². The fraction of sp³-hybridized carbons (Fsp3) is 0.0625. The van der Waals surface area contributed by atoms with E-state index in [0.29, 0.717) is 20.6 Å². The maximum atomic E-state index is 6.01. The van der Waals surface area contributed by atoms with E-state index in [1.807, 2.05) is 37.3 Å². The smallest absolute Gasteiger partial charge is 0.216 e. The summed E-state index contributed by atoms with van der Waals surface area (Å²) in [6.07, 6.45) is 1.66. The molecule has 0 saturated heterocycles. The lowest BCUT2D eigenvalue weighted by atomic mass is 10.1. The van der Waals surface area contributed by atoms with Crippen LogP contribution >= 0.6 is 35.4 Å². The molecule has 0 fully saturated rings. The second-order valence-electron chi connectivity index (χ2n) is 4.95. The van der Waals surface area contributed by atoms with Gasteiger partial charge in [-0.25, -0.2) is 5.10 Å². The number of hydrogen-bond acceptors (Lipinski definition) is 3. The van der Waals surface area contributed by atoms with Gasteiger partial charge in [0.05, 0.1) is 16.3 Å². The molecule has 3 aromatic rings. The number of H-pyrrole nitrogens is 1. The van der Waals surface area contributed by atoms with Crippen LogP contribution in [0.3, 0.4) is 0 Å². The van der Waals surface area contributed by atoms with E-state index in [-0.39, 0.29) is 0 Å². The number of nitrogens with one attached hydrogen (secondary N) is 1. The molecule has 1 heterocycles. The van der Waals surface area contributed by atoms with Crippen LogP contribution in [0.1, 0.15) is 11.1 Å². The second kappa shape index (κ2) is 6.66. The number of benzene rings is 2. The molecular weight excluding hydrogens is 351 g/mol. The van der Waals surface area contributed by atoms with E-state index in [2.05, 4.69) is 15.3 Å². The Morgan fingerprint density at radius 2 is 1.87 bits per heavy atom. The van der Waals surface area contributed by atoms with Crippen molar-refractivity contribution in [1.82, 2.24) is 14.9 Å². The lowest BCUT2D eigenvalue weighted by Gasteiger charge is -2.02. The molecule has 0 unspecified atom stereocenters. The highest BCUT2D eigenvalue weighted by molar-refractivity contribution is 7.71. The molecule has 0 aliphatic heterocycles. The van der Waals surface area contributed by atoms with E-state index in [4.69, 9.17) is 35.4 Å². The molecule has 4 nitrogen and oxygen atoms in total. The van der Waals surface area contributed by atoms with Gasteiger partial charge in [-0.3, -0.25) is 0 Å². The van der Waals surface area contributed by atoms with Crippen LogP contribution in [0.2, 0.25) is 10.0 Å². The monoisotopic (exact) mass is 362 g/mol. The molecule has 1 aromatic heterocycles. The maximum Gasteiger partial charge on any atom is 0.216 e. The van der Waals surface area contributed by atoms with Gasteiger partial charge in [-0.2, -0.15) is 14.9 Å². The predicted octanol–water partition coefficient (Wildman–Crippen LogP) is 5.11. The summed E-state index contributed by atoms with van der Waals surface area (Å²) in [7, 11) is 0. The van der Waals surface area contributed by atoms with Gasteiger partial charge in [0, 0.05) is 5.56 Å². The SMILES string of the molecule is Cc1ccc(-c2n[nH]c(=S)n2/N=C\c2ccc(Cl)c(Cl)c2)cc1. The first kappa shape index (κ1) is 15.9. The van der Waals surface area contributed by atoms with E-state index < -0.39 is 0 Å². The Morgan fingerprint density at radius 3 is 2.57 bits per heavy atom. The number of hydrogen-bond donors (Lipinski definition) is 1. The van der Waals surface area contributed by atoms with Crippen LogP contribution < -0.4 is 0 Å². The van der Waals surface area contributed by atoms with E-state index in [0.717, 1.165) is 11.1 Å². The zero-order valence-electron chi connectivity index (χ0n) is 12.1. The largest absolute Gasteiger partial charge is 0.250 e. The number of aryl methyl sites for hydroxylation is 1. The average molecular weight is 363 g/mol. The highest BCUT2D eigenvalue weighted by Crippen LogP contribution is 2.22. The molecule has 116 valence electrons. The molecule has 0 saturated carbocycles. The highest BCUT2D eigenvalue weighted by atomic mass is 35.5. The fourth-order valence-electron chi connectivity index (χ4n) is 2.01. The Hall–Kier alpha value is -1.95. The summed E-state index contributed by atoms with van der Waals surface area (Å²) in [5.74, 6) is 0.645. The van der Waals surface area contributed by atoms with Gasteiger partial charge >= 0.3 is 0 Å². The van der Waals surface area contributed by atoms with Crippen molar-refractivity contribution in [3.05, 3.63) is 68.4 Å². The van der Waals surface area contributed by atoms with Crippen LogP contribution in [-0.2, 0) is 0 Å². The summed E-state index contributed by atoms with van der Waals surface area (Å²) >= 11 is 17.2. The van der Waals surface area contributed by atoms with Gasteiger partial charge in [-0.1, -0.05) is 59.1 Å². The molecule has 23 heavy (non-hydrogen) atoms. The van der Waals surface area contributed by atoms with Gasteiger partial charge in [-0.05, 0) is 36.8 Å². The summed E-state index contributed by atoms with van der Waals surface area (Å²) in [6, 6.07) is 13.3. The highest BCUT2D eigenvalue weighted by Gasteiger charge is 2.07. The topological polar surface area (TPSA) is 46.0 Å². The van der Waals surface area contributed by atoms with Gasteiger partial charge in [0.15, 0.2) is 5.82 Å². The van der Waals surface area contributed by atoms with Crippen LogP contribution in [0.25, 0.3) is 11.4 Å². The molecule has 0 aliphatic rings. The van der Waals surface area contributed by atoms with Gasteiger partial charge in [-0.15, -0.1) is 0 Å². The molecule has 3 rings (SSSR count). The third-order valence-corrected chi connectivity index (χ3v) is 4.23. The zero-order chi connectivity index (χ0) is 16.4. The zero-order valence-corrected chi connectivity index (χ0v) is 14.5. The van der Waals surface area contributed by atoms with Crippen LogP contribution in [0.4, 0.5) is 0 Å². The summed E-state index contributed by atoms with van der Waals surface area (Å²) in [5.41, 5.74) is 2.92. The number of rotatable bonds is 3. The fourth-order valence-corrected chi connectivity index (χ4v) is 2.49. The molecule has 0 aliphatic carbocycles. The molecule has 7 heteroatoms. The summed E-state index contributed by atoms with van der Waals surface area (Å²) in [5, 5.41) is 12.4. The van der Waals surface area contributed by atoms with Crippen molar-refractivity contribution in [1.29, 1.82) is 0 Å². The van der Waals surface area contributed by atoms with Crippen LogP contribution in [0.15, 0.2) is 47.6 Å². The van der Waals surface area contributed by atoms with E-state index in [9.17, 15) is 0 Å². The number of aromatic nitrogens is 3. The third-order valence-electron chi connectivity index (χ3n) is 3.23. The minimum Gasteiger partial charge on any atom is -0.250 e. The van der Waals surface area contributed by atoms with Crippen molar-refractivity contribution in [2.24, 2.45) is 5.10 Å². The standard InChI is InChI=1S/C16H12Cl2N4S/c1-10-2-5-12(6-3-10)15-20-21-16(23)22(15)19-9-11-4-7-13(17)14(18)8-11/h2-9H,1H3,(H,21,23)/b19-9-. The lowest BCUT2D eigenvalue weighted by molar-refractivity contribution is 0.871.